The first-order valence-electron chi connectivity index (χ1n) is 6.96. The van der Waals surface area contributed by atoms with Gasteiger partial charge >= 0.3 is 0 Å². The van der Waals surface area contributed by atoms with Crippen LogP contribution in [-0.2, 0) is 16.0 Å². The van der Waals surface area contributed by atoms with Crippen LogP contribution in [0.2, 0.25) is 0 Å². The minimum Gasteiger partial charge on any atom is -0.383 e. The first-order chi connectivity index (χ1) is 9.54. The lowest BCUT2D eigenvalue weighted by atomic mass is 10.1. The molecule has 1 heterocycles. The van der Waals surface area contributed by atoms with Crippen LogP contribution in [0.25, 0.3) is 0 Å². The van der Waals surface area contributed by atoms with Crippen molar-refractivity contribution in [2.24, 2.45) is 5.73 Å². The predicted octanol–water partition coefficient (Wildman–Crippen LogP) is 1.64. The van der Waals surface area contributed by atoms with E-state index in [-0.39, 0.29) is 6.04 Å². The average Bonchev–Trinajstić information content (AvgIpc) is 2.39. The van der Waals surface area contributed by atoms with Gasteiger partial charge in [-0.15, -0.1) is 0 Å². The highest BCUT2D eigenvalue weighted by Crippen LogP contribution is 2.24. The van der Waals surface area contributed by atoms with Crippen LogP contribution < -0.4 is 10.6 Å². The normalized spacial score (nSPS) is 12.5. The highest BCUT2D eigenvalue weighted by Gasteiger charge is 2.20. The standard InChI is InChI=1S/C15H27N3O2/c1-11-8-12(2)17-15(14(11)9-16)18(6-7-19-4)13(3)10-20-5/h8,13H,6-7,9-10,16H2,1-5H3. The van der Waals surface area contributed by atoms with Crippen molar-refractivity contribution < 1.29 is 9.47 Å². The van der Waals surface area contributed by atoms with E-state index >= 15 is 0 Å². The number of methoxy groups -OCH3 is 2. The Morgan fingerprint density at radius 3 is 2.55 bits per heavy atom. The number of nitrogens with two attached hydrogens (primary N) is 1. The Morgan fingerprint density at radius 1 is 1.30 bits per heavy atom. The van der Waals surface area contributed by atoms with E-state index in [2.05, 4.69) is 24.8 Å². The SMILES string of the molecule is COCCN(c1nc(C)cc(C)c1CN)C(C)COC. The molecule has 0 aliphatic carbocycles. The molecule has 5 nitrogen and oxygen atoms in total. The van der Waals surface area contributed by atoms with Crippen molar-refractivity contribution in [1.29, 1.82) is 0 Å². The third kappa shape index (κ3) is 4.16. The van der Waals surface area contributed by atoms with E-state index in [1.807, 2.05) is 6.92 Å². The monoisotopic (exact) mass is 281 g/mol. The zero-order chi connectivity index (χ0) is 15.1. The van der Waals surface area contributed by atoms with Crippen LogP contribution in [-0.4, -0.2) is 45.0 Å². The van der Waals surface area contributed by atoms with Crippen LogP contribution in [0.4, 0.5) is 5.82 Å². The van der Waals surface area contributed by atoms with Crippen LogP contribution in [0.1, 0.15) is 23.7 Å². The van der Waals surface area contributed by atoms with Crippen LogP contribution in [0, 0.1) is 13.8 Å². The third-order valence-corrected chi connectivity index (χ3v) is 3.41. The maximum Gasteiger partial charge on any atom is 0.133 e. The molecule has 0 amide bonds. The van der Waals surface area contributed by atoms with Gasteiger partial charge in [-0.25, -0.2) is 4.98 Å². The number of aromatic nitrogens is 1. The van der Waals surface area contributed by atoms with Crippen molar-refractivity contribution in [2.45, 2.75) is 33.4 Å². The number of anilines is 1. The Bertz CT molecular complexity index is 424. The van der Waals surface area contributed by atoms with Gasteiger partial charge in [0.2, 0.25) is 0 Å². The summed E-state index contributed by atoms with van der Waals surface area (Å²) in [6.45, 7) is 8.75. The molecule has 0 bridgehead atoms. The van der Waals surface area contributed by atoms with Crippen LogP contribution >= 0.6 is 0 Å². The molecule has 1 aromatic rings. The topological polar surface area (TPSA) is 60.6 Å². The summed E-state index contributed by atoms with van der Waals surface area (Å²) in [6, 6.07) is 2.29. The smallest absolute Gasteiger partial charge is 0.133 e. The van der Waals surface area contributed by atoms with Gasteiger partial charge in [0.05, 0.1) is 19.3 Å². The van der Waals surface area contributed by atoms with Crippen LogP contribution in [0.3, 0.4) is 0 Å². The van der Waals surface area contributed by atoms with Crippen molar-refractivity contribution in [2.75, 3.05) is 38.9 Å². The van der Waals surface area contributed by atoms with Gasteiger partial charge in [-0.3, -0.25) is 0 Å². The molecule has 0 fully saturated rings. The van der Waals surface area contributed by atoms with E-state index in [0.29, 0.717) is 19.8 Å². The van der Waals surface area contributed by atoms with E-state index in [1.54, 1.807) is 14.2 Å². The van der Waals surface area contributed by atoms with Gasteiger partial charge in [0, 0.05) is 38.6 Å². The van der Waals surface area contributed by atoms with E-state index in [1.165, 1.54) is 5.56 Å². The van der Waals surface area contributed by atoms with Gasteiger partial charge in [0.15, 0.2) is 0 Å². The molecule has 0 saturated carbocycles. The average molecular weight is 281 g/mol. The lowest BCUT2D eigenvalue weighted by molar-refractivity contribution is 0.170. The number of aryl methyl sites for hydroxylation is 2. The Morgan fingerprint density at radius 2 is 2.00 bits per heavy atom. The predicted molar refractivity (Wildman–Crippen MR) is 82.2 cm³/mol. The fourth-order valence-electron chi connectivity index (χ4n) is 2.39. The lowest BCUT2D eigenvalue weighted by Gasteiger charge is -2.32. The second kappa shape index (κ2) is 8.19. The van der Waals surface area contributed by atoms with Crippen molar-refractivity contribution in [3.8, 4) is 0 Å². The van der Waals surface area contributed by atoms with Crippen LogP contribution in [0.5, 0.6) is 0 Å². The molecule has 1 unspecified atom stereocenters. The molecule has 20 heavy (non-hydrogen) atoms. The molecule has 0 aromatic carbocycles. The van der Waals surface area contributed by atoms with Crippen LogP contribution in [0.15, 0.2) is 6.07 Å². The van der Waals surface area contributed by atoms with Gasteiger partial charge in [-0.1, -0.05) is 0 Å². The molecule has 0 saturated heterocycles. The second-order valence-electron chi connectivity index (χ2n) is 5.08. The quantitative estimate of drug-likeness (QED) is 0.785. The highest BCUT2D eigenvalue weighted by molar-refractivity contribution is 5.52. The highest BCUT2D eigenvalue weighted by atomic mass is 16.5. The zero-order valence-electron chi connectivity index (χ0n) is 13.3. The van der Waals surface area contributed by atoms with E-state index in [0.717, 1.165) is 23.6 Å². The molecule has 0 radical (unpaired) electrons. The number of pyridine rings is 1. The first kappa shape index (κ1) is 16.9. The molecule has 1 atom stereocenters. The Labute approximate surface area is 122 Å². The summed E-state index contributed by atoms with van der Waals surface area (Å²) in [7, 11) is 3.42. The molecule has 5 heteroatoms. The Balaban J connectivity index is 3.17. The van der Waals surface area contributed by atoms with Crippen molar-refractivity contribution in [3.63, 3.8) is 0 Å². The van der Waals surface area contributed by atoms with Gasteiger partial charge in [0.25, 0.3) is 0 Å². The summed E-state index contributed by atoms with van der Waals surface area (Å²) < 4.78 is 10.5. The molecule has 0 aliphatic heterocycles. The summed E-state index contributed by atoms with van der Waals surface area (Å²) in [5.41, 5.74) is 9.19. The number of nitrogens with zero attached hydrogens (tertiary/aromatic N) is 2. The first-order valence-corrected chi connectivity index (χ1v) is 6.96. The molecule has 0 spiro atoms. The van der Waals surface area contributed by atoms with Gasteiger partial charge in [-0.05, 0) is 32.4 Å². The second-order valence-corrected chi connectivity index (χ2v) is 5.08. The Hall–Kier alpha value is -1.17. The van der Waals surface area contributed by atoms with Gasteiger partial charge in [0.1, 0.15) is 5.82 Å². The van der Waals surface area contributed by atoms with Crippen molar-refractivity contribution in [3.05, 3.63) is 22.9 Å². The maximum atomic E-state index is 5.91. The zero-order valence-corrected chi connectivity index (χ0v) is 13.3. The van der Waals surface area contributed by atoms with Crippen molar-refractivity contribution >= 4 is 5.82 Å². The number of rotatable bonds is 8. The molecule has 1 rings (SSSR count). The summed E-state index contributed by atoms with van der Waals surface area (Å²) in [4.78, 5) is 6.91. The fraction of sp³-hybridized carbons (Fsp3) is 0.667. The minimum atomic E-state index is 0.217. The summed E-state index contributed by atoms with van der Waals surface area (Å²) in [5.74, 6) is 0.951. The fourth-order valence-corrected chi connectivity index (χ4v) is 2.39. The number of ether oxygens (including phenoxy) is 2. The van der Waals surface area contributed by atoms with E-state index in [9.17, 15) is 0 Å². The third-order valence-electron chi connectivity index (χ3n) is 3.41. The maximum absolute atomic E-state index is 5.91. The number of hydrogen-bond acceptors (Lipinski definition) is 5. The van der Waals surface area contributed by atoms with E-state index in [4.69, 9.17) is 20.2 Å². The van der Waals surface area contributed by atoms with Gasteiger partial charge in [-0.2, -0.15) is 0 Å². The summed E-state index contributed by atoms with van der Waals surface area (Å²) >= 11 is 0. The molecule has 1 aromatic heterocycles. The van der Waals surface area contributed by atoms with E-state index < -0.39 is 0 Å². The summed E-state index contributed by atoms with van der Waals surface area (Å²) in [6.07, 6.45) is 0. The molecule has 114 valence electrons. The largest absolute Gasteiger partial charge is 0.383 e. The van der Waals surface area contributed by atoms with Gasteiger partial charge < -0.3 is 20.1 Å². The Kier molecular flexibility index (Phi) is 6.91. The molecule has 2 N–H and O–H groups in total. The molecular formula is C15H27N3O2. The summed E-state index contributed by atoms with van der Waals surface area (Å²) in [5, 5.41) is 0. The minimum absolute atomic E-state index is 0.217. The van der Waals surface area contributed by atoms with Crippen molar-refractivity contribution in [1.82, 2.24) is 4.98 Å². The number of hydrogen-bond donors (Lipinski definition) is 1. The molecule has 0 aliphatic rings. The lowest BCUT2D eigenvalue weighted by Crippen LogP contribution is -2.40. The molecular weight excluding hydrogens is 254 g/mol.